The third-order valence-electron chi connectivity index (χ3n) is 7.24. The van der Waals surface area contributed by atoms with Crippen molar-refractivity contribution in [2.75, 3.05) is 42.1 Å². The molecule has 41 heavy (non-hydrogen) atoms. The largest absolute Gasteiger partial charge is 0.368 e. The number of carbonyl (C=O) groups is 3. The van der Waals surface area contributed by atoms with Crippen molar-refractivity contribution >= 4 is 57.7 Å². The molecule has 11 nitrogen and oxygen atoms in total. The molecule has 0 unspecified atom stereocenters. The molecular weight excluding hydrogens is 540 g/mol. The Hall–Kier alpha value is -4.45. The van der Waals surface area contributed by atoms with Crippen molar-refractivity contribution in [3.8, 4) is 0 Å². The van der Waals surface area contributed by atoms with E-state index in [9.17, 15) is 14.4 Å². The van der Waals surface area contributed by atoms with Crippen LogP contribution >= 0.6 is 11.8 Å². The van der Waals surface area contributed by atoms with Gasteiger partial charge in [0.25, 0.3) is 5.91 Å². The molecule has 6 rings (SSSR count). The first-order valence-corrected chi connectivity index (χ1v) is 14.6. The zero-order valence-electron chi connectivity index (χ0n) is 22.6. The number of rotatable bonds is 7. The molecule has 2 N–H and O–H groups in total. The third kappa shape index (κ3) is 5.73. The first-order valence-electron chi connectivity index (χ1n) is 13.6. The molecule has 0 spiro atoms. The first-order chi connectivity index (χ1) is 20.0. The number of thioether (sulfide) groups is 1. The van der Waals surface area contributed by atoms with Gasteiger partial charge < -0.3 is 15.1 Å². The highest BCUT2D eigenvalue weighted by Crippen LogP contribution is 2.34. The van der Waals surface area contributed by atoms with Crippen LogP contribution in [-0.2, 0) is 14.4 Å². The van der Waals surface area contributed by atoms with E-state index in [1.807, 2.05) is 54.3 Å². The molecule has 3 amide bonds. The summed E-state index contributed by atoms with van der Waals surface area (Å²) in [5.74, 6) is 0.537. The second-order valence-corrected chi connectivity index (χ2v) is 11.0. The molecule has 210 valence electrons. The molecule has 3 aromatic rings. The molecule has 0 aliphatic carbocycles. The molecule has 1 saturated heterocycles. The number of amides is 3. The summed E-state index contributed by atoms with van der Waals surface area (Å²) in [7, 11) is 0. The Morgan fingerprint density at radius 2 is 1.80 bits per heavy atom. The van der Waals surface area contributed by atoms with Crippen LogP contribution in [0, 0.1) is 6.92 Å². The number of aliphatic imine (C=N–C) groups is 2. The van der Waals surface area contributed by atoms with E-state index in [0.717, 1.165) is 30.0 Å². The van der Waals surface area contributed by atoms with Crippen LogP contribution in [0.4, 0.5) is 17.2 Å². The quantitative estimate of drug-likeness (QED) is 0.449. The summed E-state index contributed by atoms with van der Waals surface area (Å²) in [4.78, 5) is 54.3. The SMILES string of the molecule is Cc1cc(NC(=O)CSC2=Nc3ccccc3C3=N[C@H](CCC(=O)N4CCN(c5ccccc5)CC4)C(=O)N23)n[nH]1. The summed E-state index contributed by atoms with van der Waals surface area (Å²) in [6.45, 7) is 4.69. The molecule has 3 aliphatic heterocycles. The number of piperazine rings is 1. The highest BCUT2D eigenvalue weighted by molar-refractivity contribution is 8.14. The fraction of sp³-hybridized carbons (Fsp3) is 0.310. The van der Waals surface area contributed by atoms with Gasteiger partial charge >= 0.3 is 0 Å². The van der Waals surface area contributed by atoms with Crippen LogP contribution in [0.25, 0.3) is 0 Å². The van der Waals surface area contributed by atoms with E-state index in [4.69, 9.17) is 4.99 Å². The van der Waals surface area contributed by atoms with Crippen LogP contribution in [-0.4, -0.2) is 86.7 Å². The molecule has 1 aromatic heterocycles. The number of carbonyl (C=O) groups excluding carboxylic acids is 3. The van der Waals surface area contributed by atoms with E-state index in [2.05, 4.69) is 37.5 Å². The zero-order chi connectivity index (χ0) is 28.3. The van der Waals surface area contributed by atoms with E-state index in [1.54, 1.807) is 6.07 Å². The second-order valence-electron chi connectivity index (χ2n) is 10.1. The molecular formula is C29H30N8O3S. The number of fused-ring (bicyclic) bond motifs is 3. The number of nitrogens with zero attached hydrogens (tertiary/aromatic N) is 6. The van der Waals surface area contributed by atoms with Crippen molar-refractivity contribution in [2.45, 2.75) is 25.8 Å². The Kier molecular flexibility index (Phi) is 7.55. The molecule has 1 fully saturated rings. The van der Waals surface area contributed by atoms with Gasteiger partial charge in [0, 0.05) is 55.6 Å². The lowest BCUT2D eigenvalue weighted by Gasteiger charge is -2.36. The summed E-state index contributed by atoms with van der Waals surface area (Å²) < 4.78 is 0. The highest BCUT2D eigenvalue weighted by atomic mass is 32.2. The normalized spacial score (nSPS) is 18.0. The minimum Gasteiger partial charge on any atom is -0.368 e. The van der Waals surface area contributed by atoms with Gasteiger partial charge in [0.2, 0.25) is 11.8 Å². The summed E-state index contributed by atoms with van der Waals surface area (Å²) in [5, 5.41) is 9.95. The maximum absolute atomic E-state index is 13.6. The second kappa shape index (κ2) is 11.6. The zero-order valence-corrected chi connectivity index (χ0v) is 23.4. The Morgan fingerprint density at radius 3 is 2.56 bits per heavy atom. The maximum atomic E-state index is 13.6. The Labute approximate surface area is 241 Å². The van der Waals surface area contributed by atoms with Gasteiger partial charge in [-0.1, -0.05) is 42.1 Å². The van der Waals surface area contributed by atoms with Gasteiger partial charge in [0.15, 0.2) is 11.0 Å². The molecule has 0 bridgehead atoms. The standard InChI is InChI=1S/C29H30N8O3S/c1-19-17-24(34-33-19)32-25(38)18-41-29-31-22-10-6-5-9-21(22)27-30-23(28(40)37(27)29)11-12-26(39)36-15-13-35(14-16-36)20-7-3-2-4-8-20/h2-10,17,23H,11-16,18H2,1H3,(H2,32,33,34,38)/t23-/m1/s1. The summed E-state index contributed by atoms with van der Waals surface area (Å²) in [6, 6.07) is 18.7. The lowest BCUT2D eigenvalue weighted by Crippen LogP contribution is -2.49. The number of para-hydroxylation sites is 2. The number of nitrogens with one attached hydrogen (secondary N) is 2. The number of hydrogen-bond donors (Lipinski definition) is 2. The lowest BCUT2D eigenvalue weighted by molar-refractivity contribution is -0.132. The maximum Gasteiger partial charge on any atom is 0.259 e. The van der Waals surface area contributed by atoms with Gasteiger partial charge in [0.1, 0.15) is 11.9 Å². The van der Waals surface area contributed by atoms with Gasteiger partial charge in [-0.2, -0.15) is 5.10 Å². The monoisotopic (exact) mass is 570 g/mol. The van der Waals surface area contributed by atoms with Crippen LogP contribution in [0.1, 0.15) is 24.1 Å². The number of amidine groups is 2. The van der Waals surface area contributed by atoms with Crippen LogP contribution < -0.4 is 10.2 Å². The van der Waals surface area contributed by atoms with Crippen molar-refractivity contribution in [3.05, 3.63) is 71.9 Å². The van der Waals surface area contributed by atoms with Crippen molar-refractivity contribution in [2.24, 2.45) is 9.98 Å². The van der Waals surface area contributed by atoms with Gasteiger partial charge in [-0.25, -0.2) is 9.89 Å². The minimum absolute atomic E-state index is 0.0320. The topological polar surface area (TPSA) is 126 Å². The van der Waals surface area contributed by atoms with E-state index >= 15 is 0 Å². The van der Waals surface area contributed by atoms with Crippen LogP contribution in [0.2, 0.25) is 0 Å². The number of aromatic amines is 1. The van der Waals surface area contributed by atoms with Gasteiger partial charge in [0.05, 0.1) is 11.4 Å². The summed E-state index contributed by atoms with van der Waals surface area (Å²) >= 11 is 1.17. The highest BCUT2D eigenvalue weighted by Gasteiger charge is 2.41. The smallest absolute Gasteiger partial charge is 0.259 e. The minimum atomic E-state index is -0.683. The predicted molar refractivity (Wildman–Crippen MR) is 160 cm³/mol. The molecule has 12 heteroatoms. The molecule has 4 heterocycles. The fourth-order valence-corrected chi connectivity index (χ4v) is 5.95. The third-order valence-corrected chi connectivity index (χ3v) is 8.18. The van der Waals surface area contributed by atoms with Gasteiger partial charge in [-0.15, -0.1) is 0 Å². The summed E-state index contributed by atoms with van der Waals surface area (Å²) in [6.07, 6.45) is 0.550. The first kappa shape index (κ1) is 26.8. The van der Waals surface area contributed by atoms with E-state index in [1.165, 1.54) is 16.7 Å². The van der Waals surface area contributed by atoms with E-state index in [0.29, 0.717) is 42.0 Å². The summed E-state index contributed by atoms with van der Waals surface area (Å²) in [5.41, 5.74) is 3.44. The number of hydrogen-bond acceptors (Lipinski definition) is 8. The molecule has 3 aliphatic rings. The number of anilines is 2. The Balaban J connectivity index is 1.09. The molecule has 1 atom stereocenters. The Morgan fingerprint density at radius 1 is 1.05 bits per heavy atom. The van der Waals surface area contributed by atoms with Crippen molar-refractivity contribution in [3.63, 3.8) is 0 Å². The number of aryl methyl sites for hydroxylation is 1. The molecule has 0 radical (unpaired) electrons. The number of aromatic nitrogens is 2. The fourth-order valence-electron chi connectivity index (χ4n) is 5.15. The van der Waals surface area contributed by atoms with Gasteiger partial charge in [-0.05, 0) is 37.6 Å². The van der Waals surface area contributed by atoms with Crippen molar-refractivity contribution in [1.82, 2.24) is 20.0 Å². The van der Waals surface area contributed by atoms with Crippen LogP contribution in [0.5, 0.6) is 0 Å². The Bertz CT molecular complexity index is 1530. The number of benzene rings is 2. The molecule has 0 saturated carbocycles. The lowest BCUT2D eigenvalue weighted by atomic mass is 10.1. The van der Waals surface area contributed by atoms with Crippen molar-refractivity contribution < 1.29 is 14.4 Å². The average molecular weight is 571 g/mol. The van der Waals surface area contributed by atoms with Crippen LogP contribution in [0.15, 0.2) is 70.6 Å². The van der Waals surface area contributed by atoms with E-state index < -0.39 is 6.04 Å². The average Bonchev–Trinajstić information content (AvgIpc) is 3.57. The molecule has 2 aromatic carbocycles. The van der Waals surface area contributed by atoms with Crippen LogP contribution in [0.3, 0.4) is 0 Å². The van der Waals surface area contributed by atoms with Gasteiger partial charge in [-0.3, -0.25) is 24.5 Å². The predicted octanol–water partition coefficient (Wildman–Crippen LogP) is 3.18. The number of H-pyrrole nitrogens is 1. The van der Waals surface area contributed by atoms with Crippen molar-refractivity contribution in [1.29, 1.82) is 0 Å². The van der Waals surface area contributed by atoms with E-state index in [-0.39, 0.29) is 29.9 Å².